The number of hydrogen-bond donors (Lipinski definition) is 1. The Morgan fingerprint density at radius 1 is 1.36 bits per heavy atom. The van der Waals surface area contributed by atoms with Gasteiger partial charge >= 0.3 is 0 Å². The van der Waals surface area contributed by atoms with Crippen molar-refractivity contribution in [2.24, 2.45) is 7.05 Å². The minimum absolute atomic E-state index is 0.153. The van der Waals surface area contributed by atoms with Gasteiger partial charge in [-0.25, -0.2) is 4.39 Å². The van der Waals surface area contributed by atoms with Gasteiger partial charge in [-0.05, 0) is 36.8 Å². The van der Waals surface area contributed by atoms with Gasteiger partial charge < -0.3 is 9.88 Å². The highest BCUT2D eigenvalue weighted by molar-refractivity contribution is 5.98. The number of carbonyl (C=O) groups excluding carboxylic acids is 1. The molecule has 3 rings (SSSR count). The van der Waals surface area contributed by atoms with E-state index in [1.54, 1.807) is 29.9 Å². The second-order valence-electron chi connectivity index (χ2n) is 5.17. The summed E-state index contributed by atoms with van der Waals surface area (Å²) in [5.41, 5.74) is 1.24. The molecule has 0 spiro atoms. The zero-order chi connectivity index (χ0) is 15.5. The summed E-state index contributed by atoms with van der Waals surface area (Å²) in [5.74, 6) is -0.459. The SMILES string of the molecule is Cn1c(C(=O)NCCCn2cccn2)cc2ccc(F)cc21. The summed E-state index contributed by atoms with van der Waals surface area (Å²) in [5, 5.41) is 7.84. The highest BCUT2D eigenvalue weighted by Crippen LogP contribution is 2.19. The van der Waals surface area contributed by atoms with E-state index in [0.29, 0.717) is 17.8 Å². The van der Waals surface area contributed by atoms with Crippen LogP contribution >= 0.6 is 0 Å². The zero-order valence-corrected chi connectivity index (χ0v) is 12.3. The second-order valence-corrected chi connectivity index (χ2v) is 5.17. The number of carbonyl (C=O) groups is 1. The number of amides is 1. The number of rotatable bonds is 5. The fourth-order valence-corrected chi connectivity index (χ4v) is 2.49. The minimum Gasteiger partial charge on any atom is -0.351 e. The lowest BCUT2D eigenvalue weighted by Gasteiger charge is -2.07. The van der Waals surface area contributed by atoms with E-state index in [9.17, 15) is 9.18 Å². The fourth-order valence-electron chi connectivity index (χ4n) is 2.49. The Morgan fingerprint density at radius 2 is 2.23 bits per heavy atom. The van der Waals surface area contributed by atoms with Gasteiger partial charge in [-0.15, -0.1) is 0 Å². The molecule has 0 saturated carbocycles. The Hall–Kier alpha value is -2.63. The van der Waals surface area contributed by atoms with Crippen LogP contribution in [0, 0.1) is 5.82 Å². The van der Waals surface area contributed by atoms with E-state index in [1.807, 2.05) is 16.9 Å². The van der Waals surface area contributed by atoms with E-state index in [1.165, 1.54) is 12.1 Å². The third kappa shape index (κ3) is 2.86. The van der Waals surface area contributed by atoms with E-state index in [2.05, 4.69) is 10.4 Å². The van der Waals surface area contributed by atoms with Crippen LogP contribution in [0.1, 0.15) is 16.9 Å². The molecule has 5 nitrogen and oxygen atoms in total. The number of nitrogens with zero attached hydrogens (tertiary/aromatic N) is 3. The van der Waals surface area contributed by atoms with Crippen LogP contribution in [0.2, 0.25) is 0 Å². The van der Waals surface area contributed by atoms with Crippen molar-refractivity contribution in [1.29, 1.82) is 0 Å². The highest BCUT2D eigenvalue weighted by Gasteiger charge is 2.13. The molecule has 0 aliphatic rings. The van der Waals surface area contributed by atoms with E-state index in [4.69, 9.17) is 0 Å². The standard InChI is InChI=1S/C16H17FN4O/c1-20-14-11-13(17)5-4-12(14)10-15(20)16(22)18-6-2-8-21-9-3-7-19-21/h3-5,7,9-11H,2,6,8H2,1H3,(H,18,22). The average molecular weight is 300 g/mol. The molecule has 1 N–H and O–H groups in total. The van der Waals surface area contributed by atoms with Crippen LogP contribution in [0.3, 0.4) is 0 Å². The van der Waals surface area contributed by atoms with Crippen molar-refractivity contribution in [3.63, 3.8) is 0 Å². The Labute approximate surface area is 127 Å². The first kappa shape index (κ1) is 14.3. The zero-order valence-electron chi connectivity index (χ0n) is 12.3. The van der Waals surface area contributed by atoms with E-state index >= 15 is 0 Å². The van der Waals surface area contributed by atoms with Crippen molar-refractivity contribution in [1.82, 2.24) is 19.7 Å². The predicted octanol–water partition coefficient (Wildman–Crippen LogP) is 2.33. The quantitative estimate of drug-likeness (QED) is 0.735. The first-order valence-electron chi connectivity index (χ1n) is 7.16. The predicted molar refractivity (Wildman–Crippen MR) is 82.1 cm³/mol. The third-order valence-corrected chi connectivity index (χ3v) is 3.65. The number of fused-ring (bicyclic) bond motifs is 1. The maximum absolute atomic E-state index is 13.3. The van der Waals surface area contributed by atoms with Gasteiger partial charge in [0.25, 0.3) is 5.91 Å². The normalized spacial score (nSPS) is 11.0. The Balaban J connectivity index is 1.63. The monoisotopic (exact) mass is 300 g/mol. The molecule has 0 unspecified atom stereocenters. The summed E-state index contributed by atoms with van der Waals surface area (Å²) in [6.07, 6.45) is 4.42. The molecule has 1 amide bonds. The summed E-state index contributed by atoms with van der Waals surface area (Å²) in [6, 6.07) is 8.15. The molecule has 2 aromatic heterocycles. The van der Waals surface area contributed by atoms with Crippen LogP contribution in [0.25, 0.3) is 10.9 Å². The summed E-state index contributed by atoms with van der Waals surface area (Å²) in [4.78, 5) is 12.2. The Bertz CT molecular complexity index is 792. The van der Waals surface area contributed by atoms with Crippen molar-refractivity contribution in [3.05, 3.63) is 54.2 Å². The number of aromatic nitrogens is 3. The molecule has 1 aromatic carbocycles. The molecule has 6 heteroatoms. The first-order chi connectivity index (χ1) is 10.6. The number of nitrogens with one attached hydrogen (secondary N) is 1. The van der Waals surface area contributed by atoms with Crippen molar-refractivity contribution in [2.45, 2.75) is 13.0 Å². The first-order valence-corrected chi connectivity index (χ1v) is 7.16. The lowest BCUT2D eigenvalue weighted by Crippen LogP contribution is -2.27. The smallest absolute Gasteiger partial charge is 0.267 e. The van der Waals surface area contributed by atoms with Gasteiger partial charge in [-0.2, -0.15) is 5.10 Å². The maximum atomic E-state index is 13.3. The van der Waals surface area contributed by atoms with Gasteiger partial charge in [0.1, 0.15) is 11.5 Å². The summed E-state index contributed by atoms with van der Waals surface area (Å²) < 4.78 is 16.8. The molecule has 0 aliphatic carbocycles. The van der Waals surface area contributed by atoms with Crippen LogP contribution < -0.4 is 5.32 Å². The largest absolute Gasteiger partial charge is 0.351 e. The van der Waals surface area contributed by atoms with Gasteiger partial charge in [0.15, 0.2) is 0 Å². The summed E-state index contributed by atoms with van der Waals surface area (Å²) >= 11 is 0. The van der Waals surface area contributed by atoms with E-state index in [0.717, 1.165) is 18.4 Å². The molecule has 0 saturated heterocycles. The summed E-state index contributed by atoms with van der Waals surface area (Å²) in [6.45, 7) is 1.32. The summed E-state index contributed by atoms with van der Waals surface area (Å²) in [7, 11) is 1.76. The topological polar surface area (TPSA) is 51.9 Å². The molecule has 0 radical (unpaired) electrons. The lowest BCUT2D eigenvalue weighted by molar-refractivity contribution is 0.0945. The number of benzene rings is 1. The van der Waals surface area contributed by atoms with Crippen LogP contribution in [0.15, 0.2) is 42.7 Å². The molecule has 22 heavy (non-hydrogen) atoms. The third-order valence-electron chi connectivity index (χ3n) is 3.65. The molecule has 0 atom stereocenters. The van der Waals surface area contributed by atoms with E-state index < -0.39 is 0 Å². The van der Waals surface area contributed by atoms with Gasteiger partial charge in [0.2, 0.25) is 0 Å². The maximum Gasteiger partial charge on any atom is 0.267 e. The molecular weight excluding hydrogens is 283 g/mol. The van der Waals surface area contributed by atoms with Gasteiger partial charge in [-0.3, -0.25) is 9.48 Å². The fraction of sp³-hybridized carbons (Fsp3) is 0.250. The van der Waals surface area contributed by atoms with Gasteiger partial charge in [0, 0.05) is 37.9 Å². The Morgan fingerprint density at radius 3 is 3.00 bits per heavy atom. The molecule has 114 valence electrons. The van der Waals surface area contributed by atoms with Crippen molar-refractivity contribution >= 4 is 16.8 Å². The minimum atomic E-state index is -0.306. The van der Waals surface area contributed by atoms with Crippen molar-refractivity contribution in [3.8, 4) is 0 Å². The molecular formula is C16H17FN4O. The van der Waals surface area contributed by atoms with E-state index in [-0.39, 0.29) is 11.7 Å². The Kier molecular flexibility index (Phi) is 3.91. The number of halogens is 1. The number of aryl methyl sites for hydroxylation is 2. The second kappa shape index (κ2) is 6.01. The average Bonchev–Trinajstić information content (AvgIpc) is 3.12. The van der Waals surface area contributed by atoms with Crippen molar-refractivity contribution < 1.29 is 9.18 Å². The molecule has 0 bridgehead atoms. The molecule has 3 aromatic rings. The molecule has 0 aliphatic heterocycles. The van der Waals surface area contributed by atoms with Gasteiger partial charge in [0.05, 0.1) is 5.52 Å². The van der Waals surface area contributed by atoms with Crippen molar-refractivity contribution in [2.75, 3.05) is 6.54 Å². The highest BCUT2D eigenvalue weighted by atomic mass is 19.1. The number of hydrogen-bond acceptors (Lipinski definition) is 2. The van der Waals surface area contributed by atoms with Crippen LogP contribution in [0.4, 0.5) is 4.39 Å². The van der Waals surface area contributed by atoms with Crippen LogP contribution in [-0.4, -0.2) is 26.8 Å². The van der Waals surface area contributed by atoms with Crippen LogP contribution in [-0.2, 0) is 13.6 Å². The molecule has 2 heterocycles. The van der Waals surface area contributed by atoms with Crippen LogP contribution in [0.5, 0.6) is 0 Å². The lowest BCUT2D eigenvalue weighted by atomic mass is 10.2. The molecule has 0 fully saturated rings. The van der Waals surface area contributed by atoms with Gasteiger partial charge in [-0.1, -0.05) is 0 Å².